The number of phenolic OH excluding ortho intramolecular Hbond substituents is 2. The van der Waals surface area contributed by atoms with Crippen LogP contribution in [0.5, 0.6) is 11.5 Å². The van der Waals surface area contributed by atoms with Crippen LogP contribution in [-0.2, 0) is 11.3 Å². The second kappa shape index (κ2) is 6.26. The zero-order valence-electron chi connectivity index (χ0n) is 11.0. The van der Waals surface area contributed by atoms with Crippen LogP contribution in [0.25, 0.3) is 0 Å². The van der Waals surface area contributed by atoms with Crippen molar-refractivity contribution in [2.24, 2.45) is 0 Å². The maximum atomic E-state index is 11.8. The lowest BCUT2D eigenvalue weighted by atomic mass is 10.1. The highest BCUT2D eigenvalue weighted by atomic mass is 16.3. The fourth-order valence-electron chi connectivity index (χ4n) is 1.56. The zero-order chi connectivity index (χ0) is 13.7. The van der Waals surface area contributed by atoms with Crippen LogP contribution in [-0.4, -0.2) is 40.7 Å². The van der Waals surface area contributed by atoms with Crippen LogP contribution >= 0.6 is 0 Å². The summed E-state index contributed by atoms with van der Waals surface area (Å²) in [6, 6.07) is 4.43. The van der Waals surface area contributed by atoms with E-state index in [9.17, 15) is 15.0 Å². The van der Waals surface area contributed by atoms with Gasteiger partial charge in [-0.3, -0.25) is 4.79 Å². The quantitative estimate of drug-likeness (QED) is 0.685. The van der Waals surface area contributed by atoms with E-state index in [0.717, 1.165) is 0 Å². The van der Waals surface area contributed by atoms with Gasteiger partial charge >= 0.3 is 0 Å². The van der Waals surface area contributed by atoms with Crippen LogP contribution in [0.3, 0.4) is 0 Å². The number of likely N-dealkylation sites (N-methyl/N-ethyl adjacent to an activating group) is 1. The molecule has 1 unspecified atom stereocenters. The molecule has 0 heterocycles. The molecule has 3 N–H and O–H groups in total. The standard InChI is InChI=1S/C13H20N2O3/c1-4-15(3)13(18)9(2)14-8-10-6-5-7-11(16)12(10)17/h5-7,9,14,16-17H,4,8H2,1-3H3. The van der Waals surface area contributed by atoms with E-state index in [4.69, 9.17) is 0 Å². The molecule has 1 aromatic rings. The number of amides is 1. The van der Waals surface area contributed by atoms with Crippen molar-refractivity contribution in [3.8, 4) is 11.5 Å². The van der Waals surface area contributed by atoms with Gasteiger partial charge in [-0.05, 0) is 19.9 Å². The number of rotatable bonds is 5. The van der Waals surface area contributed by atoms with E-state index in [2.05, 4.69) is 5.32 Å². The van der Waals surface area contributed by atoms with Gasteiger partial charge in [0.05, 0.1) is 6.04 Å². The molecular formula is C13H20N2O3. The number of nitrogens with zero attached hydrogens (tertiary/aromatic N) is 1. The Labute approximate surface area is 107 Å². The Kier molecular flexibility index (Phi) is 4.97. The van der Waals surface area contributed by atoms with E-state index in [1.807, 2.05) is 6.92 Å². The monoisotopic (exact) mass is 252 g/mol. The fraction of sp³-hybridized carbons (Fsp3) is 0.462. The SMILES string of the molecule is CCN(C)C(=O)C(C)NCc1cccc(O)c1O. The van der Waals surface area contributed by atoms with Crippen LogP contribution in [0.2, 0.25) is 0 Å². The molecule has 1 rings (SSSR count). The van der Waals surface area contributed by atoms with Crippen molar-refractivity contribution in [1.82, 2.24) is 10.2 Å². The molecule has 0 bridgehead atoms. The second-order valence-corrected chi connectivity index (χ2v) is 4.24. The van der Waals surface area contributed by atoms with E-state index in [1.165, 1.54) is 6.07 Å². The highest BCUT2D eigenvalue weighted by Crippen LogP contribution is 2.27. The van der Waals surface area contributed by atoms with E-state index in [1.54, 1.807) is 31.0 Å². The van der Waals surface area contributed by atoms with E-state index < -0.39 is 0 Å². The summed E-state index contributed by atoms with van der Waals surface area (Å²) < 4.78 is 0. The number of phenols is 2. The summed E-state index contributed by atoms with van der Waals surface area (Å²) in [5, 5.41) is 22.0. The normalized spacial score (nSPS) is 12.2. The van der Waals surface area contributed by atoms with Crippen molar-refractivity contribution >= 4 is 5.91 Å². The predicted octanol–water partition coefficient (Wildman–Crippen LogP) is 1.05. The second-order valence-electron chi connectivity index (χ2n) is 4.24. The van der Waals surface area contributed by atoms with Crippen LogP contribution in [0.4, 0.5) is 0 Å². The molecule has 0 aliphatic rings. The Morgan fingerprint density at radius 2 is 2.11 bits per heavy atom. The largest absolute Gasteiger partial charge is 0.504 e. The average molecular weight is 252 g/mol. The van der Waals surface area contributed by atoms with Gasteiger partial charge in [-0.15, -0.1) is 0 Å². The van der Waals surface area contributed by atoms with E-state index in [0.29, 0.717) is 18.7 Å². The topological polar surface area (TPSA) is 72.8 Å². The number of hydrogen-bond donors (Lipinski definition) is 3. The van der Waals surface area contributed by atoms with Gasteiger partial charge < -0.3 is 20.4 Å². The molecule has 0 saturated carbocycles. The Morgan fingerprint density at radius 3 is 2.72 bits per heavy atom. The van der Waals surface area contributed by atoms with Crippen LogP contribution < -0.4 is 5.32 Å². The molecule has 1 aromatic carbocycles. The Bertz CT molecular complexity index is 421. The van der Waals surface area contributed by atoms with Gasteiger partial charge in [-0.1, -0.05) is 12.1 Å². The number of nitrogens with one attached hydrogen (secondary N) is 1. The zero-order valence-corrected chi connectivity index (χ0v) is 11.0. The molecule has 1 amide bonds. The molecule has 5 nitrogen and oxygen atoms in total. The summed E-state index contributed by atoms with van der Waals surface area (Å²) in [6.45, 7) is 4.66. The minimum absolute atomic E-state index is 0.00265. The molecule has 0 aromatic heterocycles. The molecule has 0 fully saturated rings. The van der Waals surface area contributed by atoms with Gasteiger partial charge in [0, 0.05) is 25.7 Å². The van der Waals surface area contributed by atoms with Gasteiger partial charge in [-0.25, -0.2) is 0 Å². The van der Waals surface area contributed by atoms with Crippen molar-refractivity contribution < 1.29 is 15.0 Å². The predicted molar refractivity (Wildman–Crippen MR) is 69.4 cm³/mol. The highest BCUT2D eigenvalue weighted by molar-refractivity contribution is 5.81. The number of hydrogen-bond acceptors (Lipinski definition) is 4. The Morgan fingerprint density at radius 1 is 1.44 bits per heavy atom. The van der Waals surface area contributed by atoms with Crippen LogP contribution in [0.15, 0.2) is 18.2 Å². The third-order valence-corrected chi connectivity index (χ3v) is 2.92. The summed E-state index contributed by atoms with van der Waals surface area (Å²) in [5.41, 5.74) is 0.564. The lowest BCUT2D eigenvalue weighted by molar-refractivity contribution is -0.131. The lowest BCUT2D eigenvalue weighted by Gasteiger charge is -2.20. The minimum Gasteiger partial charge on any atom is -0.504 e. The van der Waals surface area contributed by atoms with Crippen LogP contribution in [0.1, 0.15) is 19.4 Å². The van der Waals surface area contributed by atoms with Crippen molar-refractivity contribution in [2.75, 3.05) is 13.6 Å². The molecule has 0 aliphatic heterocycles. The Balaban J connectivity index is 2.60. The fourth-order valence-corrected chi connectivity index (χ4v) is 1.56. The maximum Gasteiger partial charge on any atom is 0.239 e. The first-order valence-electron chi connectivity index (χ1n) is 5.95. The average Bonchev–Trinajstić information content (AvgIpc) is 2.38. The number of carbonyl (C=O) groups is 1. The van der Waals surface area contributed by atoms with Gasteiger partial charge in [0.1, 0.15) is 0 Å². The van der Waals surface area contributed by atoms with E-state index in [-0.39, 0.29) is 23.4 Å². The Hall–Kier alpha value is -1.75. The van der Waals surface area contributed by atoms with Crippen LogP contribution in [0, 0.1) is 0 Å². The molecule has 5 heteroatoms. The summed E-state index contributed by atoms with van der Waals surface area (Å²) in [5.74, 6) is -0.301. The lowest BCUT2D eigenvalue weighted by Crippen LogP contribution is -2.42. The molecule has 0 spiro atoms. The molecule has 18 heavy (non-hydrogen) atoms. The number of aromatic hydroxyl groups is 2. The summed E-state index contributed by atoms with van der Waals surface area (Å²) in [4.78, 5) is 13.4. The van der Waals surface area contributed by atoms with Gasteiger partial charge in [0.25, 0.3) is 0 Å². The van der Waals surface area contributed by atoms with Crippen molar-refractivity contribution in [1.29, 1.82) is 0 Å². The first kappa shape index (κ1) is 14.3. The first-order valence-corrected chi connectivity index (χ1v) is 5.95. The third-order valence-electron chi connectivity index (χ3n) is 2.92. The first-order chi connectivity index (χ1) is 8.47. The van der Waals surface area contributed by atoms with Gasteiger partial charge in [-0.2, -0.15) is 0 Å². The highest BCUT2D eigenvalue weighted by Gasteiger charge is 2.16. The molecule has 1 atom stereocenters. The molecule has 100 valence electrons. The number of para-hydroxylation sites is 1. The number of benzene rings is 1. The van der Waals surface area contributed by atoms with Gasteiger partial charge in [0.15, 0.2) is 11.5 Å². The summed E-state index contributed by atoms with van der Waals surface area (Å²) in [6.07, 6.45) is 0. The van der Waals surface area contributed by atoms with Gasteiger partial charge in [0.2, 0.25) is 5.91 Å². The summed E-state index contributed by atoms with van der Waals surface area (Å²) in [7, 11) is 1.74. The van der Waals surface area contributed by atoms with Crippen molar-refractivity contribution in [3.05, 3.63) is 23.8 Å². The molecule has 0 radical (unpaired) electrons. The minimum atomic E-state index is -0.336. The number of carbonyl (C=O) groups excluding carboxylic acids is 1. The molecule has 0 aliphatic carbocycles. The smallest absolute Gasteiger partial charge is 0.239 e. The summed E-state index contributed by atoms with van der Waals surface area (Å²) >= 11 is 0. The third kappa shape index (κ3) is 3.37. The molecule has 0 saturated heterocycles. The van der Waals surface area contributed by atoms with Crippen molar-refractivity contribution in [2.45, 2.75) is 26.4 Å². The maximum absolute atomic E-state index is 11.8. The van der Waals surface area contributed by atoms with E-state index >= 15 is 0 Å². The van der Waals surface area contributed by atoms with Crippen molar-refractivity contribution in [3.63, 3.8) is 0 Å². The molecular weight excluding hydrogens is 232 g/mol.